The first-order valence-corrected chi connectivity index (χ1v) is 11.0. The van der Waals surface area contributed by atoms with Gasteiger partial charge >= 0.3 is 5.97 Å². The fourth-order valence-electron chi connectivity index (χ4n) is 2.80. The summed E-state index contributed by atoms with van der Waals surface area (Å²) in [7, 11) is 1.49. The molecule has 0 bridgehead atoms. The molecule has 0 aromatic heterocycles. The number of rotatable bonds is 8. The molecule has 0 heterocycles. The maximum Gasteiger partial charge on any atom is 0.335 e. The van der Waals surface area contributed by atoms with Gasteiger partial charge in [-0.25, -0.2) is 10.2 Å². The Labute approximate surface area is 206 Å². The van der Waals surface area contributed by atoms with Gasteiger partial charge in [0.05, 0.1) is 28.9 Å². The number of phenolic OH excluding ortho intramolecular Hbond substituents is 1. The van der Waals surface area contributed by atoms with E-state index < -0.39 is 11.9 Å². The number of hydrogen-bond acceptors (Lipinski definition) is 6. The number of aromatic carboxylic acids is 1. The molecule has 0 spiro atoms. The van der Waals surface area contributed by atoms with E-state index in [1.54, 1.807) is 42.5 Å². The highest BCUT2D eigenvalue weighted by atomic mass is 79.9. The number of hydrogen-bond donors (Lipinski definition) is 3. The zero-order valence-corrected chi connectivity index (χ0v) is 20.4. The molecule has 0 saturated carbocycles. The second kappa shape index (κ2) is 11.0. The number of carbonyl (C=O) groups is 2. The molecule has 1 amide bonds. The molecular weight excluding hydrogens is 560 g/mol. The molecule has 0 fully saturated rings. The second-order valence-corrected chi connectivity index (χ2v) is 8.46. The maximum atomic E-state index is 12.3. The predicted molar refractivity (Wildman–Crippen MR) is 129 cm³/mol. The Morgan fingerprint density at radius 2 is 1.88 bits per heavy atom. The number of hydrazone groups is 1. The lowest BCUT2D eigenvalue weighted by molar-refractivity contribution is 0.0696. The molecule has 3 rings (SSSR count). The third-order valence-electron chi connectivity index (χ3n) is 4.41. The molecule has 10 heteroatoms. The second-order valence-electron chi connectivity index (χ2n) is 6.69. The Bertz CT molecular complexity index is 1230. The highest BCUT2D eigenvalue weighted by Crippen LogP contribution is 2.31. The molecule has 0 saturated heterocycles. The molecule has 3 aromatic rings. The predicted octanol–water partition coefficient (Wildman–Crippen LogP) is 4.97. The van der Waals surface area contributed by atoms with Crippen LogP contribution in [0.2, 0.25) is 0 Å². The molecule has 0 radical (unpaired) electrons. The van der Waals surface area contributed by atoms with Gasteiger partial charge in [0.15, 0.2) is 11.5 Å². The average Bonchev–Trinajstić information content (AvgIpc) is 2.80. The van der Waals surface area contributed by atoms with E-state index in [0.29, 0.717) is 31.6 Å². The summed E-state index contributed by atoms with van der Waals surface area (Å²) in [5, 5.41) is 23.1. The van der Waals surface area contributed by atoms with Crippen LogP contribution in [0.4, 0.5) is 0 Å². The fourth-order valence-corrected chi connectivity index (χ4v) is 4.03. The van der Waals surface area contributed by atoms with Crippen LogP contribution in [0.25, 0.3) is 0 Å². The first kappa shape index (κ1) is 24.3. The van der Waals surface area contributed by atoms with Crippen molar-refractivity contribution in [2.45, 2.75) is 6.61 Å². The number of halogens is 2. The summed E-state index contributed by atoms with van der Waals surface area (Å²) in [5.41, 5.74) is 3.94. The average molecular weight is 578 g/mol. The molecule has 0 aliphatic rings. The van der Waals surface area contributed by atoms with Crippen molar-refractivity contribution < 1.29 is 29.3 Å². The summed E-state index contributed by atoms with van der Waals surface area (Å²) < 4.78 is 12.1. The Hall–Kier alpha value is -3.37. The topological polar surface area (TPSA) is 117 Å². The first-order chi connectivity index (χ1) is 15.8. The number of amides is 1. The van der Waals surface area contributed by atoms with E-state index in [-0.39, 0.29) is 23.5 Å². The van der Waals surface area contributed by atoms with Crippen molar-refractivity contribution in [3.05, 3.63) is 85.8 Å². The molecule has 0 unspecified atom stereocenters. The molecular formula is C23H18Br2N2O6. The van der Waals surface area contributed by atoms with Gasteiger partial charge in [0.2, 0.25) is 0 Å². The Balaban J connectivity index is 1.67. The van der Waals surface area contributed by atoms with Gasteiger partial charge in [-0.3, -0.25) is 4.79 Å². The maximum absolute atomic E-state index is 12.3. The van der Waals surface area contributed by atoms with E-state index in [0.717, 1.165) is 0 Å². The SMILES string of the molecule is COc1cc(/C=N\NC(=O)c2cc(Br)cc(Br)c2O)ccc1OCc1cccc(C(=O)O)c1. The van der Waals surface area contributed by atoms with Gasteiger partial charge in [-0.2, -0.15) is 5.10 Å². The van der Waals surface area contributed by atoms with Gasteiger partial charge in [-0.05, 0) is 69.5 Å². The monoisotopic (exact) mass is 576 g/mol. The summed E-state index contributed by atoms with van der Waals surface area (Å²) in [5.74, 6) is -0.881. The van der Waals surface area contributed by atoms with Crippen LogP contribution in [-0.4, -0.2) is 35.4 Å². The number of nitrogens with one attached hydrogen (secondary N) is 1. The number of carboxylic acid groups (broad SMARTS) is 1. The van der Waals surface area contributed by atoms with Crippen LogP contribution in [-0.2, 0) is 6.61 Å². The van der Waals surface area contributed by atoms with Crippen LogP contribution in [0.5, 0.6) is 17.2 Å². The zero-order valence-electron chi connectivity index (χ0n) is 17.2. The molecule has 0 atom stereocenters. The van der Waals surface area contributed by atoms with E-state index in [2.05, 4.69) is 42.4 Å². The molecule has 3 N–H and O–H groups in total. The number of methoxy groups -OCH3 is 1. The first-order valence-electron chi connectivity index (χ1n) is 9.43. The highest BCUT2D eigenvalue weighted by Gasteiger charge is 2.14. The third kappa shape index (κ3) is 6.33. The van der Waals surface area contributed by atoms with E-state index in [4.69, 9.17) is 14.6 Å². The molecule has 8 nitrogen and oxygen atoms in total. The fraction of sp³-hybridized carbons (Fsp3) is 0.0870. The largest absolute Gasteiger partial charge is 0.506 e. The number of phenols is 1. The Morgan fingerprint density at radius 1 is 1.09 bits per heavy atom. The van der Waals surface area contributed by atoms with Crippen molar-refractivity contribution in [3.63, 3.8) is 0 Å². The number of benzene rings is 3. The minimum Gasteiger partial charge on any atom is -0.506 e. The van der Waals surface area contributed by atoms with Crippen LogP contribution in [0, 0.1) is 0 Å². The number of ether oxygens (including phenoxy) is 2. The van der Waals surface area contributed by atoms with E-state index >= 15 is 0 Å². The van der Waals surface area contributed by atoms with Gasteiger partial charge in [-0.15, -0.1) is 0 Å². The molecule has 0 aliphatic heterocycles. The van der Waals surface area contributed by atoms with E-state index in [9.17, 15) is 14.7 Å². The normalized spacial score (nSPS) is 10.8. The zero-order chi connectivity index (χ0) is 24.0. The van der Waals surface area contributed by atoms with Crippen molar-refractivity contribution in [1.82, 2.24) is 5.43 Å². The molecule has 170 valence electrons. The highest BCUT2D eigenvalue weighted by molar-refractivity contribution is 9.11. The van der Waals surface area contributed by atoms with Crippen LogP contribution < -0.4 is 14.9 Å². The summed E-state index contributed by atoms with van der Waals surface area (Å²) >= 11 is 6.45. The van der Waals surface area contributed by atoms with Crippen LogP contribution in [0.15, 0.2) is 68.6 Å². The number of carbonyl (C=O) groups excluding carboxylic acids is 1. The number of carboxylic acids is 1. The number of nitrogens with zero attached hydrogens (tertiary/aromatic N) is 1. The van der Waals surface area contributed by atoms with Gasteiger partial charge in [0.25, 0.3) is 5.91 Å². The van der Waals surface area contributed by atoms with Crippen molar-refractivity contribution in [2.24, 2.45) is 5.10 Å². The van der Waals surface area contributed by atoms with Crippen LogP contribution in [0.3, 0.4) is 0 Å². The smallest absolute Gasteiger partial charge is 0.335 e. The van der Waals surface area contributed by atoms with Gasteiger partial charge < -0.3 is 19.7 Å². The quantitative estimate of drug-likeness (QED) is 0.257. The van der Waals surface area contributed by atoms with Crippen molar-refractivity contribution >= 4 is 50.0 Å². The summed E-state index contributed by atoms with van der Waals surface area (Å²) in [6.07, 6.45) is 1.42. The summed E-state index contributed by atoms with van der Waals surface area (Å²) in [6.45, 7) is 0.159. The third-order valence-corrected chi connectivity index (χ3v) is 5.47. The van der Waals surface area contributed by atoms with E-state index in [1.165, 1.54) is 25.5 Å². The lowest BCUT2D eigenvalue weighted by Crippen LogP contribution is -2.18. The summed E-state index contributed by atoms with van der Waals surface area (Å²) in [4.78, 5) is 23.4. The minimum absolute atomic E-state index is 0.0571. The molecule has 33 heavy (non-hydrogen) atoms. The van der Waals surface area contributed by atoms with Crippen LogP contribution in [0.1, 0.15) is 31.8 Å². The summed E-state index contributed by atoms with van der Waals surface area (Å²) in [6, 6.07) is 14.6. The molecule has 0 aliphatic carbocycles. The van der Waals surface area contributed by atoms with Crippen LogP contribution >= 0.6 is 31.9 Å². The van der Waals surface area contributed by atoms with Gasteiger partial charge in [0, 0.05) is 4.47 Å². The minimum atomic E-state index is -1.01. The lowest BCUT2D eigenvalue weighted by atomic mass is 10.1. The Kier molecular flexibility index (Phi) is 8.07. The Morgan fingerprint density at radius 3 is 2.61 bits per heavy atom. The number of aromatic hydroxyl groups is 1. The van der Waals surface area contributed by atoms with Gasteiger partial charge in [0.1, 0.15) is 12.4 Å². The van der Waals surface area contributed by atoms with Gasteiger partial charge in [-0.1, -0.05) is 28.1 Å². The van der Waals surface area contributed by atoms with E-state index in [1.807, 2.05) is 0 Å². The lowest BCUT2D eigenvalue weighted by Gasteiger charge is -2.11. The van der Waals surface area contributed by atoms with Crippen molar-refractivity contribution in [1.29, 1.82) is 0 Å². The molecule has 3 aromatic carbocycles. The van der Waals surface area contributed by atoms with Crippen molar-refractivity contribution in [2.75, 3.05) is 7.11 Å². The standard InChI is InChI=1S/C23H18Br2N2O6/c1-32-20-8-13(11-26-27-22(29)17-9-16(24)10-18(25)21(17)28)5-6-19(20)33-12-14-3-2-4-15(7-14)23(30)31/h2-11,28H,12H2,1H3,(H,27,29)(H,30,31)/b26-11-. The van der Waals surface area contributed by atoms with Crippen molar-refractivity contribution in [3.8, 4) is 17.2 Å².